The molecule has 2 rings (SSSR count). The number of nitrogens with zero attached hydrogens (tertiary/aromatic N) is 2. The van der Waals surface area contributed by atoms with Gasteiger partial charge in [-0.3, -0.25) is 0 Å². The Bertz CT molecular complexity index is 498. The van der Waals surface area contributed by atoms with Crippen LogP contribution in [0.2, 0.25) is 0 Å². The molecule has 0 spiro atoms. The Morgan fingerprint density at radius 2 is 2.17 bits per heavy atom. The van der Waals surface area contributed by atoms with Gasteiger partial charge in [-0.05, 0) is 31.2 Å². The van der Waals surface area contributed by atoms with Gasteiger partial charge in [0.2, 0.25) is 11.8 Å². The molecule has 0 saturated carbocycles. The maximum atomic E-state index is 5.62. The minimum atomic E-state index is 0.571. The van der Waals surface area contributed by atoms with Crippen molar-refractivity contribution in [2.45, 2.75) is 19.8 Å². The number of halogens is 1. The highest BCUT2D eigenvalue weighted by atomic mass is 79.9. The summed E-state index contributed by atoms with van der Waals surface area (Å²) in [6.45, 7) is 4.03. The normalized spacial score (nSPS) is 10.8. The van der Waals surface area contributed by atoms with Crippen LogP contribution in [0.3, 0.4) is 0 Å². The third-order valence-corrected chi connectivity index (χ3v) is 2.97. The van der Waals surface area contributed by atoms with Crippen LogP contribution in [0.4, 0.5) is 0 Å². The van der Waals surface area contributed by atoms with Crippen LogP contribution in [0, 0.1) is 0 Å². The summed E-state index contributed by atoms with van der Waals surface area (Å²) in [5.74, 6) is 1.25. The quantitative estimate of drug-likeness (QED) is 0.833. The van der Waals surface area contributed by atoms with Crippen molar-refractivity contribution in [3.63, 3.8) is 0 Å². The zero-order valence-electron chi connectivity index (χ0n) is 10.3. The summed E-state index contributed by atoms with van der Waals surface area (Å²) in [6.07, 6.45) is 1.90. The Balaban J connectivity index is 1.97. The summed E-state index contributed by atoms with van der Waals surface area (Å²) in [4.78, 5) is 0. The Labute approximate surface area is 115 Å². The van der Waals surface area contributed by atoms with E-state index in [9.17, 15) is 0 Å². The van der Waals surface area contributed by atoms with Gasteiger partial charge in [0.1, 0.15) is 0 Å². The zero-order valence-corrected chi connectivity index (χ0v) is 11.9. The van der Waals surface area contributed by atoms with Crippen molar-refractivity contribution in [3.05, 3.63) is 34.6 Å². The van der Waals surface area contributed by atoms with Crippen LogP contribution in [0.1, 0.15) is 19.2 Å². The van der Waals surface area contributed by atoms with Gasteiger partial charge in [-0.15, -0.1) is 10.2 Å². The van der Waals surface area contributed by atoms with E-state index in [0.717, 1.165) is 36.0 Å². The molecule has 1 heterocycles. The van der Waals surface area contributed by atoms with Crippen molar-refractivity contribution in [1.82, 2.24) is 15.5 Å². The predicted octanol–water partition coefficient (Wildman–Crippen LogP) is 3.04. The summed E-state index contributed by atoms with van der Waals surface area (Å²) in [6, 6.07) is 7.84. The summed E-state index contributed by atoms with van der Waals surface area (Å²) in [5.41, 5.74) is 0.935. The molecule has 0 aliphatic rings. The van der Waals surface area contributed by atoms with E-state index in [1.807, 2.05) is 24.3 Å². The molecular weight excluding hydrogens is 294 g/mol. The first-order valence-electron chi connectivity index (χ1n) is 6.08. The van der Waals surface area contributed by atoms with Gasteiger partial charge in [-0.25, -0.2) is 0 Å². The molecule has 1 aromatic heterocycles. The molecule has 0 atom stereocenters. The van der Waals surface area contributed by atoms with Crippen molar-refractivity contribution < 1.29 is 4.42 Å². The molecule has 0 bridgehead atoms. The fraction of sp³-hybridized carbons (Fsp3) is 0.385. The number of aromatic nitrogens is 2. The summed E-state index contributed by atoms with van der Waals surface area (Å²) < 4.78 is 6.63. The van der Waals surface area contributed by atoms with Gasteiger partial charge >= 0.3 is 0 Å². The van der Waals surface area contributed by atoms with Crippen LogP contribution in [0.25, 0.3) is 11.5 Å². The number of hydrogen-bond donors (Lipinski definition) is 1. The maximum Gasteiger partial charge on any atom is 0.247 e. The predicted molar refractivity (Wildman–Crippen MR) is 74.3 cm³/mol. The van der Waals surface area contributed by atoms with E-state index < -0.39 is 0 Å². The van der Waals surface area contributed by atoms with Gasteiger partial charge in [0.15, 0.2) is 0 Å². The average Bonchev–Trinajstić information content (AvgIpc) is 2.83. The fourth-order valence-electron chi connectivity index (χ4n) is 1.59. The summed E-state index contributed by atoms with van der Waals surface area (Å²) in [5, 5.41) is 11.4. The lowest BCUT2D eigenvalue weighted by molar-refractivity contribution is 0.494. The lowest BCUT2D eigenvalue weighted by Crippen LogP contribution is -2.17. The van der Waals surface area contributed by atoms with Crippen molar-refractivity contribution in [2.24, 2.45) is 0 Å². The van der Waals surface area contributed by atoms with Crippen LogP contribution < -0.4 is 5.32 Å². The Morgan fingerprint density at radius 1 is 1.28 bits per heavy atom. The van der Waals surface area contributed by atoms with Crippen LogP contribution in [0.5, 0.6) is 0 Å². The second-order valence-corrected chi connectivity index (χ2v) is 4.93. The first-order chi connectivity index (χ1) is 8.79. The van der Waals surface area contributed by atoms with Crippen LogP contribution in [-0.4, -0.2) is 23.3 Å². The average molecular weight is 310 g/mol. The molecule has 4 nitrogen and oxygen atoms in total. The fourth-order valence-corrected chi connectivity index (χ4v) is 1.99. The van der Waals surface area contributed by atoms with Gasteiger partial charge < -0.3 is 9.73 Å². The van der Waals surface area contributed by atoms with Crippen molar-refractivity contribution >= 4 is 15.9 Å². The molecule has 0 fully saturated rings. The van der Waals surface area contributed by atoms with E-state index in [1.54, 1.807) is 0 Å². The lowest BCUT2D eigenvalue weighted by atomic mass is 10.2. The van der Waals surface area contributed by atoms with E-state index in [1.165, 1.54) is 0 Å². The minimum absolute atomic E-state index is 0.571. The van der Waals surface area contributed by atoms with Crippen molar-refractivity contribution in [3.8, 4) is 11.5 Å². The van der Waals surface area contributed by atoms with Crippen LogP contribution >= 0.6 is 15.9 Å². The van der Waals surface area contributed by atoms with Crippen LogP contribution in [0.15, 0.2) is 33.2 Å². The van der Waals surface area contributed by atoms with Crippen molar-refractivity contribution in [2.75, 3.05) is 13.1 Å². The second kappa shape index (κ2) is 6.66. The molecule has 0 unspecified atom stereocenters. The minimum Gasteiger partial charge on any atom is -0.421 e. The lowest BCUT2D eigenvalue weighted by Gasteiger charge is -1.98. The molecule has 5 heteroatoms. The van der Waals surface area contributed by atoms with E-state index in [4.69, 9.17) is 4.42 Å². The number of rotatable bonds is 6. The van der Waals surface area contributed by atoms with E-state index in [-0.39, 0.29) is 0 Å². The number of benzene rings is 1. The van der Waals surface area contributed by atoms with E-state index in [0.29, 0.717) is 11.8 Å². The Morgan fingerprint density at radius 3 is 2.94 bits per heavy atom. The Kier molecular flexibility index (Phi) is 4.90. The SMILES string of the molecule is CCCNCCc1nnc(-c2cccc(Br)c2)o1. The first kappa shape index (κ1) is 13.2. The molecule has 0 aliphatic carbocycles. The van der Waals surface area contributed by atoms with Crippen LogP contribution in [-0.2, 0) is 6.42 Å². The molecule has 0 radical (unpaired) electrons. The van der Waals surface area contributed by atoms with E-state index in [2.05, 4.69) is 38.4 Å². The second-order valence-electron chi connectivity index (χ2n) is 4.01. The largest absolute Gasteiger partial charge is 0.421 e. The monoisotopic (exact) mass is 309 g/mol. The first-order valence-corrected chi connectivity index (χ1v) is 6.88. The van der Waals surface area contributed by atoms with Crippen molar-refractivity contribution in [1.29, 1.82) is 0 Å². The molecule has 96 valence electrons. The molecule has 2 aromatic rings. The molecular formula is C13H16BrN3O. The van der Waals surface area contributed by atoms with Gasteiger partial charge in [0, 0.05) is 23.0 Å². The zero-order chi connectivity index (χ0) is 12.8. The Hall–Kier alpha value is -1.20. The molecule has 1 N–H and O–H groups in total. The molecule has 0 saturated heterocycles. The molecule has 18 heavy (non-hydrogen) atoms. The molecule has 0 aliphatic heterocycles. The molecule has 1 aromatic carbocycles. The maximum absolute atomic E-state index is 5.62. The van der Waals surface area contributed by atoms with Gasteiger partial charge in [-0.1, -0.05) is 28.9 Å². The highest BCUT2D eigenvalue weighted by Gasteiger charge is 2.08. The topological polar surface area (TPSA) is 51.0 Å². The standard InChI is InChI=1S/C13H16BrN3O/c1-2-7-15-8-6-12-16-17-13(18-12)10-4-3-5-11(14)9-10/h3-5,9,15H,2,6-8H2,1H3. The summed E-state index contributed by atoms with van der Waals surface area (Å²) >= 11 is 3.43. The van der Waals surface area contributed by atoms with Gasteiger partial charge in [0.05, 0.1) is 0 Å². The highest BCUT2D eigenvalue weighted by Crippen LogP contribution is 2.21. The van der Waals surface area contributed by atoms with Gasteiger partial charge in [-0.2, -0.15) is 0 Å². The number of nitrogens with one attached hydrogen (secondary N) is 1. The number of hydrogen-bond acceptors (Lipinski definition) is 4. The third-order valence-electron chi connectivity index (χ3n) is 2.48. The third kappa shape index (κ3) is 3.65. The molecule has 0 amide bonds. The smallest absolute Gasteiger partial charge is 0.247 e. The van der Waals surface area contributed by atoms with Gasteiger partial charge in [0.25, 0.3) is 0 Å². The highest BCUT2D eigenvalue weighted by molar-refractivity contribution is 9.10. The van der Waals surface area contributed by atoms with E-state index >= 15 is 0 Å². The summed E-state index contributed by atoms with van der Waals surface area (Å²) in [7, 11) is 0.